The van der Waals surface area contributed by atoms with E-state index >= 15 is 0 Å². The first kappa shape index (κ1) is 12.6. The summed E-state index contributed by atoms with van der Waals surface area (Å²) in [6.45, 7) is 3.21. The third-order valence-electron chi connectivity index (χ3n) is 2.74. The molecule has 0 aliphatic carbocycles. The van der Waals surface area contributed by atoms with Crippen molar-refractivity contribution >= 4 is 15.8 Å². The second-order valence-corrected chi connectivity index (χ2v) is 5.89. The van der Waals surface area contributed by atoms with E-state index in [9.17, 15) is 13.2 Å². The van der Waals surface area contributed by atoms with Crippen LogP contribution in [-0.2, 0) is 10.0 Å². The van der Waals surface area contributed by atoms with E-state index in [4.69, 9.17) is 0 Å². The van der Waals surface area contributed by atoms with E-state index in [1.807, 2.05) is 0 Å². The topological polar surface area (TPSA) is 56.1 Å². The predicted molar refractivity (Wildman–Crippen MR) is 68.2 cm³/mol. The molecular weight excluding hydrogens is 250 g/mol. The lowest BCUT2D eigenvalue weighted by Crippen LogP contribution is -2.12. The van der Waals surface area contributed by atoms with Crippen LogP contribution in [0.3, 0.4) is 0 Å². The van der Waals surface area contributed by atoms with Crippen molar-refractivity contribution in [3.05, 3.63) is 53.9 Å². The van der Waals surface area contributed by atoms with Crippen LogP contribution in [0.25, 0.3) is 0 Å². The van der Waals surface area contributed by atoms with E-state index in [0.717, 1.165) is 9.54 Å². The highest BCUT2D eigenvalue weighted by Gasteiger charge is 2.17. The maximum absolute atomic E-state index is 12.2. The highest BCUT2D eigenvalue weighted by Crippen LogP contribution is 2.18. The van der Waals surface area contributed by atoms with Gasteiger partial charge in [-0.1, -0.05) is 6.07 Å². The highest BCUT2D eigenvalue weighted by molar-refractivity contribution is 7.90. The molecule has 0 N–H and O–H groups in total. The van der Waals surface area contributed by atoms with Gasteiger partial charge in [0.2, 0.25) is 0 Å². The lowest BCUT2D eigenvalue weighted by atomic mass is 10.1. The van der Waals surface area contributed by atoms with Crippen molar-refractivity contribution in [3.8, 4) is 0 Å². The molecule has 4 nitrogen and oxygen atoms in total. The monoisotopic (exact) mass is 263 g/mol. The zero-order valence-corrected chi connectivity index (χ0v) is 10.9. The molecule has 0 aliphatic rings. The van der Waals surface area contributed by atoms with E-state index in [-0.39, 0.29) is 10.7 Å². The van der Waals surface area contributed by atoms with Crippen LogP contribution in [0.1, 0.15) is 22.8 Å². The Morgan fingerprint density at radius 3 is 2.33 bits per heavy atom. The minimum Gasteiger partial charge on any atom is -0.295 e. The number of hydrogen-bond acceptors (Lipinski definition) is 3. The van der Waals surface area contributed by atoms with Gasteiger partial charge in [0.25, 0.3) is 10.0 Å². The van der Waals surface area contributed by atoms with Gasteiger partial charge in [-0.3, -0.25) is 4.79 Å². The molecule has 0 atom stereocenters. The lowest BCUT2D eigenvalue weighted by molar-refractivity contribution is 0.101. The summed E-state index contributed by atoms with van der Waals surface area (Å²) in [6, 6.07) is 7.85. The van der Waals surface area contributed by atoms with Gasteiger partial charge in [-0.05, 0) is 43.7 Å². The average Bonchev–Trinajstić information content (AvgIpc) is 2.82. The van der Waals surface area contributed by atoms with E-state index in [0.29, 0.717) is 5.56 Å². The van der Waals surface area contributed by atoms with Crippen LogP contribution in [0.4, 0.5) is 0 Å². The quantitative estimate of drug-likeness (QED) is 0.798. The first-order chi connectivity index (χ1) is 8.43. The second-order valence-electron chi connectivity index (χ2n) is 4.05. The fraction of sp³-hybridized carbons (Fsp3) is 0.154. The Kier molecular flexibility index (Phi) is 3.09. The molecule has 5 heteroatoms. The van der Waals surface area contributed by atoms with Gasteiger partial charge in [-0.25, -0.2) is 12.4 Å². The van der Waals surface area contributed by atoms with Crippen LogP contribution in [0, 0.1) is 6.92 Å². The summed E-state index contributed by atoms with van der Waals surface area (Å²) in [7, 11) is -3.60. The first-order valence-electron chi connectivity index (χ1n) is 5.43. The van der Waals surface area contributed by atoms with E-state index < -0.39 is 10.0 Å². The number of nitrogens with zero attached hydrogens (tertiary/aromatic N) is 1. The Balaban J connectivity index is 2.60. The third kappa shape index (κ3) is 2.09. The largest absolute Gasteiger partial charge is 0.295 e. The van der Waals surface area contributed by atoms with Gasteiger partial charge >= 0.3 is 0 Å². The number of Topliss-reactive ketones (excluding diaryl/α,β-unsaturated/α-hetero) is 1. The molecule has 0 spiro atoms. The lowest BCUT2D eigenvalue weighted by Gasteiger charge is -2.08. The molecule has 1 aromatic carbocycles. The summed E-state index contributed by atoms with van der Waals surface area (Å²) in [5.41, 5.74) is 1.21. The molecule has 18 heavy (non-hydrogen) atoms. The van der Waals surface area contributed by atoms with Crippen LogP contribution >= 0.6 is 0 Å². The van der Waals surface area contributed by atoms with E-state index in [2.05, 4.69) is 0 Å². The minimum absolute atomic E-state index is 0.120. The molecule has 94 valence electrons. The Labute approximate surface area is 106 Å². The van der Waals surface area contributed by atoms with Crippen molar-refractivity contribution in [2.24, 2.45) is 0 Å². The average molecular weight is 263 g/mol. The molecule has 0 unspecified atom stereocenters. The van der Waals surface area contributed by atoms with Gasteiger partial charge in [0, 0.05) is 18.0 Å². The number of benzene rings is 1. The van der Waals surface area contributed by atoms with E-state index in [1.165, 1.54) is 31.5 Å². The smallest absolute Gasteiger partial charge is 0.267 e. The predicted octanol–water partition coefficient (Wildman–Crippen LogP) is 2.24. The minimum atomic E-state index is -3.60. The van der Waals surface area contributed by atoms with Gasteiger partial charge in [0.1, 0.15) is 0 Å². The Hall–Kier alpha value is -1.88. The molecule has 0 amide bonds. The zero-order valence-electron chi connectivity index (χ0n) is 10.1. The number of rotatable bonds is 3. The Bertz CT molecular complexity index is 685. The summed E-state index contributed by atoms with van der Waals surface area (Å²) in [5, 5.41) is 0. The molecule has 2 rings (SSSR count). The zero-order chi connectivity index (χ0) is 13.3. The molecular formula is C13H13NO3S. The molecule has 0 fully saturated rings. The molecule has 0 bridgehead atoms. The summed E-state index contributed by atoms with van der Waals surface area (Å²) in [5.74, 6) is -0.142. The molecule has 1 aromatic heterocycles. The van der Waals surface area contributed by atoms with Crippen LogP contribution in [-0.4, -0.2) is 18.2 Å². The van der Waals surface area contributed by atoms with Crippen molar-refractivity contribution in [2.75, 3.05) is 0 Å². The fourth-order valence-electron chi connectivity index (χ4n) is 1.74. The normalized spacial score (nSPS) is 11.4. The maximum Gasteiger partial charge on any atom is 0.267 e. The van der Waals surface area contributed by atoms with Crippen LogP contribution in [0.15, 0.2) is 47.6 Å². The van der Waals surface area contributed by atoms with Gasteiger partial charge in [-0.15, -0.1) is 0 Å². The van der Waals surface area contributed by atoms with Gasteiger partial charge in [-0.2, -0.15) is 0 Å². The SMILES string of the molecule is CC(=O)c1cc(S(=O)(=O)n2cccc2)ccc1C. The Morgan fingerprint density at radius 1 is 1.17 bits per heavy atom. The van der Waals surface area contributed by atoms with Gasteiger partial charge in [0.05, 0.1) is 4.90 Å². The van der Waals surface area contributed by atoms with Gasteiger partial charge in [0.15, 0.2) is 5.78 Å². The Morgan fingerprint density at radius 2 is 1.78 bits per heavy atom. The highest BCUT2D eigenvalue weighted by atomic mass is 32.2. The summed E-state index contributed by atoms with van der Waals surface area (Å²) >= 11 is 0. The molecule has 0 aliphatic heterocycles. The van der Waals surface area contributed by atoms with Gasteiger partial charge < -0.3 is 0 Å². The summed E-state index contributed by atoms with van der Waals surface area (Å²) in [4.78, 5) is 11.6. The maximum atomic E-state index is 12.2. The molecule has 0 radical (unpaired) electrons. The number of carbonyl (C=O) groups is 1. The molecule has 2 aromatic rings. The molecule has 0 saturated heterocycles. The molecule has 1 heterocycles. The number of carbonyl (C=O) groups excluding carboxylic acids is 1. The third-order valence-corrected chi connectivity index (χ3v) is 4.39. The second kappa shape index (κ2) is 4.42. The number of aromatic nitrogens is 1. The number of aryl methyl sites for hydroxylation is 1. The van der Waals surface area contributed by atoms with Crippen molar-refractivity contribution < 1.29 is 13.2 Å². The van der Waals surface area contributed by atoms with Crippen molar-refractivity contribution in [1.82, 2.24) is 3.97 Å². The van der Waals surface area contributed by atoms with Crippen molar-refractivity contribution in [2.45, 2.75) is 18.7 Å². The number of hydrogen-bond donors (Lipinski definition) is 0. The van der Waals surface area contributed by atoms with Crippen LogP contribution in [0.5, 0.6) is 0 Å². The van der Waals surface area contributed by atoms with E-state index in [1.54, 1.807) is 25.1 Å². The molecule has 0 saturated carbocycles. The fourth-order valence-corrected chi connectivity index (χ4v) is 2.95. The standard InChI is InChI=1S/C13H13NO3S/c1-10-5-6-12(9-13(10)11(2)15)18(16,17)14-7-3-4-8-14/h3-9H,1-2H3. The van der Waals surface area contributed by atoms with Crippen LogP contribution in [0.2, 0.25) is 0 Å². The first-order valence-corrected chi connectivity index (χ1v) is 6.87. The number of ketones is 1. The summed E-state index contributed by atoms with van der Waals surface area (Å²) < 4.78 is 25.6. The summed E-state index contributed by atoms with van der Waals surface area (Å²) in [6.07, 6.45) is 2.92. The van der Waals surface area contributed by atoms with Crippen molar-refractivity contribution in [1.29, 1.82) is 0 Å². The van der Waals surface area contributed by atoms with Crippen LogP contribution < -0.4 is 0 Å². The van der Waals surface area contributed by atoms with Crippen molar-refractivity contribution in [3.63, 3.8) is 0 Å².